The molecule has 0 unspecified atom stereocenters. The Morgan fingerprint density at radius 3 is 2.86 bits per heavy atom. The second-order valence-corrected chi connectivity index (χ2v) is 7.76. The third-order valence-corrected chi connectivity index (χ3v) is 6.80. The van der Waals surface area contributed by atoms with Gasteiger partial charge in [0.1, 0.15) is 0 Å². The van der Waals surface area contributed by atoms with Gasteiger partial charge in [0.05, 0.1) is 18.1 Å². The predicted octanol–water partition coefficient (Wildman–Crippen LogP) is 3.26. The van der Waals surface area contributed by atoms with Gasteiger partial charge in [-0.05, 0) is 35.6 Å². The average molecular weight is 326 g/mol. The Hall–Kier alpha value is -1.01. The maximum Gasteiger partial charge on any atom is 0.306 e. The smallest absolute Gasteiger partial charge is 0.306 e. The van der Waals surface area contributed by atoms with Crippen molar-refractivity contribution in [2.75, 3.05) is 25.4 Å². The molecule has 0 radical (unpaired) electrons. The molecule has 0 spiro atoms. The number of hydrogen-bond acceptors (Lipinski definition) is 6. The lowest BCUT2D eigenvalue weighted by Crippen LogP contribution is -2.20. The zero-order valence-corrected chi connectivity index (χ0v) is 13.5. The van der Waals surface area contributed by atoms with Gasteiger partial charge in [-0.3, -0.25) is 4.79 Å². The fraction of sp³-hybridized carbons (Fsp3) is 0.533. The average Bonchev–Trinajstić information content (AvgIpc) is 3.00. The van der Waals surface area contributed by atoms with E-state index in [0.29, 0.717) is 11.0 Å². The van der Waals surface area contributed by atoms with Crippen molar-refractivity contribution in [3.05, 3.63) is 23.8 Å². The van der Waals surface area contributed by atoms with Crippen molar-refractivity contribution < 1.29 is 19.0 Å². The fourth-order valence-electron chi connectivity index (χ4n) is 2.52. The van der Waals surface area contributed by atoms with Crippen LogP contribution >= 0.6 is 23.5 Å². The molecule has 1 aromatic carbocycles. The summed E-state index contributed by atoms with van der Waals surface area (Å²) in [6.07, 6.45) is 1.64. The molecular formula is C15H18O4S2. The van der Waals surface area contributed by atoms with Crippen LogP contribution < -0.4 is 9.47 Å². The molecule has 4 nitrogen and oxygen atoms in total. The topological polar surface area (TPSA) is 44.8 Å². The van der Waals surface area contributed by atoms with Crippen molar-refractivity contribution in [3.8, 4) is 11.5 Å². The lowest BCUT2D eigenvalue weighted by atomic mass is 9.97. The first-order chi connectivity index (χ1) is 10.3. The van der Waals surface area contributed by atoms with Gasteiger partial charge in [-0.25, -0.2) is 0 Å². The zero-order valence-electron chi connectivity index (χ0n) is 11.9. The number of benzene rings is 1. The standard InChI is InChI=1S/C15H18O4S2/c1-17-14(16)8-11(15-20-5-2-6-21-15)10-3-4-12-13(7-10)19-9-18-12/h3-4,7,11,15H,2,5-6,8-9H2,1H3/t11-/m0/s1. The van der Waals surface area contributed by atoms with Crippen molar-refractivity contribution in [2.24, 2.45) is 0 Å². The third-order valence-electron chi connectivity index (χ3n) is 3.62. The predicted molar refractivity (Wildman–Crippen MR) is 85.3 cm³/mol. The van der Waals surface area contributed by atoms with E-state index < -0.39 is 0 Å². The number of methoxy groups -OCH3 is 1. The van der Waals surface area contributed by atoms with Gasteiger partial charge in [0.15, 0.2) is 11.5 Å². The van der Waals surface area contributed by atoms with E-state index in [1.54, 1.807) is 0 Å². The van der Waals surface area contributed by atoms with Crippen molar-refractivity contribution in [3.63, 3.8) is 0 Å². The summed E-state index contributed by atoms with van der Waals surface area (Å²) in [5, 5.41) is 0. The first-order valence-electron chi connectivity index (χ1n) is 6.97. The van der Waals surface area contributed by atoms with Crippen LogP contribution in [0.4, 0.5) is 0 Å². The Labute approximate surface area is 132 Å². The molecule has 3 rings (SSSR count). The maximum absolute atomic E-state index is 11.8. The number of carbonyl (C=O) groups is 1. The molecule has 6 heteroatoms. The number of carbonyl (C=O) groups excluding carboxylic acids is 1. The lowest BCUT2D eigenvalue weighted by molar-refractivity contribution is -0.141. The van der Waals surface area contributed by atoms with Gasteiger partial charge in [0, 0.05) is 5.92 Å². The van der Waals surface area contributed by atoms with Crippen molar-refractivity contribution in [1.29, 1.82) is 0 Å². The van der Waals surface area contributed by atoms with Crippen molar-refractivity contribution in [2.45, 2.75) is 23.3 Å². The van der Waals surface area contributed by atoms with Crippen LogP contribution in [0, 0.1) is 0 Å². The summed E-state index contributed by atoms with van der Waals surface area (Å²) in [5.41, 5.74) is 1.12. The molecule has 1 aromatic rings. The highest BCUT2D eigenvalue weighted by Gasteiger charge is 2.30. The van der Waals surface area contributed by atoms with E-state index in [1.807, 2.05) is 41.7 Å². The van der Waals surface area contributed by atoms with Gasteiger partial charge in [0.2, 0.25) is 6.79 Å². The number of hydrogen-bond donors (Lipinski definition) is 0. The van der Waals surface area contributed by atoms with E-state index in [9.17, 15) is 4.79 Å². The van der Waals surface area contributed by atoms with E-state index in [-0.39, 0.29) is 18.7 Å². The molecule has 0 aromatic heterocycles. The Morgan fingerprint density at radius 1 is 1.33 bits per heavy atom. The maximum atomic E-state index is 11.8. The molecule has 1 saturated heterocycles. The van der Waals surface area contributed by atoms with Crippen LogP contribution in [0.3, 0.4) is 0 Å². The number of thioether (sulfide) groups is 2. The molecule has 1 atom stereocenters. The summed E-state index contributed by atoms with van der Waals surface area (Å²) in [4.78, 5) is 11.8. The SMILES string of the molecule is COC(=O)C[C@@H](c1ccc2c(c1)OCO2)C1SCCCS1. The molecule has 0 N–H and O–H groups in total. The summed E-state index contributed by atoms with van der Waals surface area (Å²) in [6.45, 7) is 0.271. The van der Waals surface area contributed by atoms with E-state index >= 15 is 0 Å². The van der Waals surface area contributed by atoms with Crippen LogP contribution in [0.25, 0.3) is 0 Å². The first-order valence-corrected chi connectivity index (χ1v) is 9.07. The molecule has 2 aliphatic heterocycles. The summed E-state index contributed by atoms with van der Waals surface area (Å²) in [5.74, 6) is 3.83. The van der Waals surface area contributed by atoms with Gasteiger partial charge >= 0.3 is 5.97 Å². The third kappa shape index (κ3) is 3.43. The van der Waals surface area contributed by atoms with Crippen molar-refractivity contribution >= 4 is 29.5 Å². The van der Waals surface area contributed by atoms with E-state index in [2.05, 4.69) is 0 Å². The quantitative estimate of drug-likeness (QED) is 0.791. The summed E-state index contributed by atoms with van der Waals surface area (Å²) < 4.78 is 16.1. The summed E-state index contributed by atoms with van der Waals surface area (Å²) >= 11 is 3.87. The van der Waals surface area contributed by atoms with E-state index in [0.717, 1.165) is 28.6 Å². The minimum atomic E-state index is -0.163. The number of rotatable bonds is 4. The van der Waals surface area contributed by atoms with Gasteiger partial charge in [-0.15, -0.1) is 23.5 Å². The van der Waals surface area contributed by atoms with Crippen LogP contribution in [-0.4, -0.2) is 36.0 Å². The Bertz CT molecular complexity index is 514. The van der Waals surface area contributed by atoms with Crippen LogP contribution in [0.2, 0.25) is 0 Å². The monoisotopic (exact) mass is 326 g/mol. The highest BCUT2D eigenvalue weighted by Crippen LogP contribution is 2.44. The molecule has 114 valence electrons. The van der Waals surface area contributed by atoms with Gasteiger partial charge in [0.25, 0.3) is 0 Å². The second kappa shape index (κ2) is 6.83. The second-order valence-electron chi connectivity index (χ2n) is 4.96. The highest BCUT2D eigenvalue weighted by atomic mass is 32.2. The van der Waals surface area contributed by atoms with Crippen LogP contribution in [0.15, 0.2) is 18.2 Å². The number of ether oxygens (including phenoxy) is 3. The molecule has 2 heterocycles. The van der Waals surface area contributed by atoms with Crippen LogP contribution in [0.1, 0.15) is 24.3 Å². The largest absolute Gasteiger partial charge is 0.469 e. The van der Waals surface area contributed by atoms with Crippen LogP contribution in [0.5, 0.6) is 11.5 Å². The summed E-state index contributed by atoms with van der Waals surface area (Å²) in [6, 6.07) is 5.97. The van der Waals surface area contributed by atoms with Gasteiger partial charge < -0.3 is 14.2 Å². The van der Waals surface area contributed by atoms with Gasteiger partial charge in [-0.2, -0.15) is 0 Å². The number of esters is 1. The Morgan fingerprint density at radius 2 is 2.10 bits per heavy atom. The zero-order chi connectivity index (χ0) is 14.7. The Kier molecular flexibility index (Phi) is 4.85. The minimum Gasteiger partial charge on any atom is -0.469 e. The molecule has 0 bridgehead atoms. The van der Waals surface area contributed by atoms with E-state index in [1.165, 1.54) is 13.5 Å². The fourth-order valence-corrected chi connectivity index (χ4v) is 5.72. The van der Waals surface area contributed by atoms with Crippen molar-refractivity contribution in [1.82, 2.24) is 0 Å². The van der Waals surface area contributed by atoms with Crippen LogP contribution in [-0.2, 0) is 9.53 Å². The summed E-state index contributed by atoms with van der Waals surface area (Å²) in [7, 11) is 1.44. The molecule has 21 heavy (non-hydrogen) atoms. The Balaban J connectivity index is 1.84. The lowest BCUT2D eigenvalue weighted by Gasteiger charge is -2.29. The molecular weight excluding hydrogens is 308 g/mol. The normalized spacial score (nSPS) is 19.3. The first kappa shape index (κ1) is 14.9. The molecule has 2 aliphatic rings. The molecule has 0 aliphatic carbocycles. The highest BCUT2D eigenvalue weighted by molar-refractivity contribution is 8.17. The minimum absolute atomic E-state index is 0.141. The van der Waals surface area contributed by atoms with E-state index in [4.69, 9.17) is 14.2 Å². The van der Waals surface area contributed by atoms with Gasteiger partial charge in [-0.1, -0.05) is 6.07 Å². The molecule has 1 fully saturated rings. The number of fused-ring (bicyclic) bond motifs is 1. The molecule has 0 saturated carbocycles. The molecule has 0 amide bonds.